The third-order valence-electron chi connectivity index (χ3n) is 2.45. The van der Waals surface area contributed by atoms with Gasteiger partial charge < -0.3 is 10.1 Å². The molecule has 1 rings (SSSR count). The molecule has 1 N–H and O–H groups in total. The van der Waals surface area contributed by atoms with Gasteiger partial charge in [-0.05, 0) is 37.5 Å². The van der Waals surface area contributed by atoms with Gasteiger partial charge in [-0.1, -0.05) is 12.1 Å². The van der Waals surface area contributed by atoms with Gasteiger partial charge in [0.15, 0.2) is 0 Å². The first-order valence-corrected chi connectivity index (χ1v) is 5.43. The van der Waals surface area contributed by atoms with Crippen LogP contribution in [-0.4, -0.2) is 19.1 Å². The number of amides is 1. The van der Waals surface area contributed by atoms with E-state index in [9.17, 15) is 4.79 Å². The number of aryl methyl sites for hydroxylation is 1. The second kappa shape index (κ2) is 5.54. The highest BCUT2D eigenvalue weighted by molar-refractivity contribution is 5.73. The van der Waals surface area contributed by atoms with Crippen LogP contribution in [0.25, 0.3) is 0 Å². The molecule has 0 saturated heterocycles. The molecule has 3 heteroatoms. The molecular weight excluding hydrogens is 202 g/mol. The highest BCUT2D eigenvalue weighted by Gasteiger charge is 2.06. The highest BCUT2D eigenvalue weighted by Crippen LogP contribution is 2.19. The molecule has 16 heavy (non-hydrogen) atoms. The summed E-state index contributed by atoms with van der Waals surface area (Å²) in [6.45, 7) is 5.56. The van der Waals surface area contributed by atoms with Gasteiger partial charge in [-0.15, -0.1) is 0 Å². The Hall–Kier alpha value is -1.51. The largest absolute Gasteiger partial charge is 0.496 e. The topological polar surface area (TPSA) is 38.3 Å². The van der Waals surface area contributed by atoms with Crippen LogP contribution in [0, 0.1) is 6.92 Å². The smallest absolute Gasteiger partial charge is 0.217 e. The second-order valence-electron chi connectivity index (χ2n) is 4.11. The molecule has 0 aliphatic heterocycles. The van der Waals surface area contributed by atoms with Crippen LogP contribution in [0.3, 0.4) is 0 Å². The van der Waals surface area contributed by atoms with Gasteiger partial charge >= 0.3 is 0 Å². The van der Waals surface area contributed by atoms with Gasteiger partial charge in [0, 0.05) is 13.0 Å². The number of carbonyl (C=O) groups excluding carboxylic acids is 1. The van der Waals surface area contributed by atoms with Gasteiger partial charge in [0.1, 0.15) is 5.75 Å². The zero-order valence-corrected chi connectivity index (χ0v) is 10.3. The summed E-state index contributed by atoms with van der Waals surface area (Å²) in [5.41, 5.74) is 2.33. The Kier molecular flexibility index (Phi) is 4.35. The third-order valence-corrected chi connectivity index (χ3v) is 2.45. The van der Waals surface area contributed by atoms with Crippen molar-refractivity contribution in [3.63, 3.8) is 0 Å². The molecule has 0 unspecified atom stereocenters. The van der Waals surface area contributed by atoms with E-state index in [0.717, 1.165) is 17.7 Å². The molecule has 0 aromatic heterocycles. The maximum atomic E-state index is 10.9. The van der Waals surface area contributed by atoms with E-state index in [-0.39, 0.29) is 11.9 Å². The van der Waals surface area contributed by atoms with Gasteiger partial charge in [0.05, 0.1) is 7.11 Å². The normalized spacial score (nSPS) is 12.0. The van der Waals surface area contributed by atoms with E-state index in [4.69, 9.17) is 4.74 Å². The van der Waals surface area contributed by atoms with E-state index in [1.165, 1.54) is 12.5 Å². The van der Waals surface area contributed by atoms with Crippen molar-refractivity contribution in [1.82, 2.24) is 5.32 Å². The van der Waals surface area contributed by atoms with Crippen molar-refractivity contribution >= 4 is 5.91 Å². The predicted molar refractivity (Wildman–Crippen MR) is 64.7 cm³/mol. The van der Waals surface area contributed by atoms with E-state index in [2.05, 4.69) is 11.4 Å². The number of methoxy groups -OCH3 is 1. The fourth-order valence-corrected chi connectivity index (χ4v) is 1.82. The Morgan fingerprint density at radius 3 is 2.69 bits per heavy atom. The van der Waals surface area contributed by atoms with Crippen LogP contribution >= 0.6 is 0 Å². The molecule has 0 spiro atoms. The second-order valence-corrected chi connectivity index (χ2v) is 4.11. The average Bonchev–Trinajstić information content (AvgIpc) is 2.16. The Labute approximate surface area is 96.8 Å². The summed E-state index contributed by atoms with van der Waals surface area (Å²) in [7, 11) is 1.67. The Morgan fingerprint density at radius 1 is 1.50 bits per heavy atom. The minimum absolute atomic E-state index is 0.0118. The minimum Gasteiger partial charge on any atom is -0.496 e. The van der Waals surface area contributed by atoms with E-state index in [0.29, 0.717) is 0 Å². The van der Waals surface area contributed by atoms with Crippen molar-refractivity contribution in [2.45, 2.75) is 33.2 Å². The molecule has 1 aromatic carbocycles. The molecule has 88 valence electrons. The zero-order valence-electron chi connectivity index (χ0n) is 10.3. The lowest BCUT2D eigenvalue weighted by Gasteiger charge is -2.13. The molecular formula is C13H19NO2. The van der Waals surface area contributed by atoms with Crippen molar-refractivity contribution in [3.05, 3.63) is 29.3 Å². The number of rotatable bonds is 4. The molecule has 0 saturated carbocycles. The van der Waals surface area contributed by atoms with Crippen LogP contribution < -0.4 is 10.1 Å². The highest BCUT2D eigenvalue weighted by atomic mass is 16.5. The van der Waals surface area contributed by atoms with Crippen molar-refractivity contribution in [1.29, 1.82) is 0 Å². The summed E-state index contributed by atoms with van der Waals surface area (Å²) < 4.78 is 5.20. The first-order valence-electron chi connectivity index (χ1n) is 5.43. The molecule has 0 fully saturated rings. The lowest BCUT2D eigenvalue weighted by atomic mass is 10.0. The maximum Gasteiger partial charge on any atom is 0.217 e. The summed E-state index contributed by atoms with van der Waals surface area (Å²) in [5, 5.41) is 2.87. The molecule has 0 bridgehead atoms. The number of nitrogens with one attached hydrogen (secondary N) is 1. The Morgan fingerprint density at radius 2 is 2.19 bits per heavy atom. The fraction of sp³-hybridized carbons (Fsp3) is 0.462. The minimum atomic E-state index is 0.0118. The van der Waals surface area contributed by atoms with Crippen LogP contribution in [-0.2, 0) is 11.2 Å². The quantitative estimate of drug-likeness (QED) is 0.845. The van der Waals surface area contributed by atoms with Gasteiger partial charge in [-0.2, -0.15) is 0 Å². The molecule has 3 nitrogen and oxygen atoms in total. The summed E-state index contributed by atoms with van der Waals surface area (Å²) in [6.07, 6.45) is 0.838. The van der Waals surface area contributed by atoms with E-state index in [1.54, 1.807) is 7.11 Å². The van der Waals surface area contributed by atoms with E-state index in [1.807, 2.05) is 26.0 Å². The number of hydrogen-bond acceptors (Lipinski definition) is 2. The summed E-state index contributed by atoms with van der Waals surface area (Å²) >= 11 is 0. The predicted octanol–water partition coefficient (Wildman–Crippen LogP) is 2.07. The molecule has 0 radical (unpaired) electrons. The number of hydrogen-bond donors (Lipinski definition) is 1. The number of carbonyl (C=O) groups is 1. The zero-order chi connectivity index (χ0) is 12.1. The molecule has 1 atom stereocenters. The van der Waals surface area contributed by atoms with Crippen LogP contribution in [0.4, 0.5) is 0 Å². The van der Waals surface area contributed by atoms with Gasteiger partial charge in [-0.25, -0.2) is 0 Å². The number of benzene rings is 1. The summed E-state index contributed by atoms with van der Waals surface area (Å²) in [5.74, 6) is 0.911. The van der Waals surface area contributed by atoms with Gasteiger partial charge in [0.25, 0.3) is 0 Å². The van der Waals surface area contributed by atoms with Crippen molar-refractivity contribution in [2.75, 3.05) is 7.11 Å². The third kappa shape index (κ3) is 3.57. The van der Waals surface area contributed by atoms with Crippen LogP contribution in [0.5, 0.6) is 5.75 Å². The van der Waals surface area contributed by atoms with Gasteiger partial charge in [0.2, 0.25) is 5.91 Å². The molecule has 0 aliphatic carbocycles. The molecule has 0 aliphatic rings. The Balaban J connectivity index is 2.67. The SMILES string of the molecule is COc1ccc(C[C@@H](C)NC(C)=O)cc1C. The lowest BCUT2D eigenvalue weighted by Crippen LogP contribution is -2.32. The van der Waals surface area contributed by atoms with Crippen LogP contribution in [0.2, 0.25) is 0 Å². The first-order chi connectivity index (χ1) is 7.52. The van der Waals surface area contributed by atoms with Crippen molar-refractivity contribution < 1.29 is 9.53 Å². The summed E-state index contributed by atoms with van der Waals surface area (Å²) in [6, 6.07) is 6.25. The number of ether oxygens (including phenoxy) is 1. The van der Waals surface area contributed by atoms with Gasteiger partial charge in [-0.3, -0.25) is 4.79 Å². The standard InChI is InChI=1S/C13H19NO2/c1-9-7-12(5-6-13(9)16-4)8-10(2)14-11(3)15/h5-7,10H,8H2,1-4H3,(H,14,15)/t10-/m1/s1. The van der Waals surface area contributed by atoms with Crippen LogP contribution in [0.1, 0.15) is 25.0 Å². The molecule has 0 heterocycles. The average molecular weight is 221 g/mol. The summed E-state index contributed by atoms with van der Waals surface area (Å²) in [4.78, 5) is 10.9. The fourth-order valence-electron chi connectivity index (χ4n) is 1.82. The van der Waals surface area contributed by atoms with E-state index >= 15 is 0 Å². The molecule has 1 amide bonds. The molecule has 1 aromatic rings. The van der Waals surface area contributed by atoms with Crippen LogP contribution in [0.15, 0.2) is 18.2 Å². The first kappa shape index (κ1) is 12.6. The van der Waals surface area contributed by atoms with E-state index < -0.39 is 0 Å². The van der Waals surface area contributed by atoms with Crippen molar-refractivity contribution in [2.24, 2.45) is 0 Å². The monoisotopic (exact) mass is 221 g/mol. The lowest BCUT2D eigenvalue weighted by molar-refractivity contribution is -0.119. The maximum absolute atomic E-state index is 10.9. The Bertz CT molecular complexity index is 374. The van der Waals surface area contributed by atoms with Crippen molar-refractivity contribution in [3.8, 4) is 5.75 Å².